The number of phenolic OH excluding ortho intramolecular Hbond substituents is 1. The summed E-state index contributed by atoms with van der Waals surface area (Å²) in [5, 5.41) is 13.1. The van der Waals surface area contributed by atoms with Gasteiger partial charge in [-0.15, -0.1) is 0 Å². The maximum Gasteiger partial charge on any atom is 0.296 e. The fourth-order valence-electron chi connectivity index (χ4n) is 2.71. The third-order valence-corrected chi connectivity index (χ3v) is 4.55. The highest BCUT2D eigenvalue weighted by molar-refractivity contribution is 6.31. The van der Waals surface area contributed by atoms with Crippen molar-refractivity contribution in [1.29, 1.82) is 0 Å². The molecule has 3 rings (SSSR count). The van der Waals surface area contributed by atoms with E-state index in [1.807, 2.05) is 13.8 Å². The minimum absolute atomic E-state index is 0.0358. The summed E-state index contributed by atoms with van der Waals surface area (Å²) < 4.78 is 31.4. The lowest BCUT2D eigenvalue weighted by Gasteiger charge is -2.19. The van der Waals surface area contributed by atoms with Crippen LogP contribution in [0.15, 0.2) is 35.4 Å². The van der Waals surface area contributed by atoms with Crippen molar-refractivity contribution in [3.05, 3.63) is 57.7 Å². The number of aromatic hydroxyl groups is 1. The van der Waals surface area contributed by atoms with E-state index in [0.29, 0.717) is 0 Å². The molecule has 0 aliphatic rings. The molecule has 0 bridgehead atoms. The molecule has 3 aromatic rings. The van der Waals surface area contributed by atoms with E-state index < -0.39 is 28.5 Å². The van der Waals surface area contributed by atoms with Gasteiger partial charge in [0.1, 0.15) is 17.4 Å². The summed E-state index contributed by atoms with van der Waals surface area (Å²) in [4.78, 5) is 17.1. The monoisotopic (exact) mass is 394 g/mol. The number of nitrogens with zero attached hydrogens (tertiary/aromatic N) is 4. The summed E-state index contributed by atoms with van der Waals surface area (Å²) in [6.07, 6.45) is 3.74. The van der Waals surface area contributed by atoms with Crippen LogP contribution in [-0.2, 0) is 6.54 Å². The lowest BCUT2D eigenvalue weighted by atomic mass is 10.1. The van der Waals surface area contributed by atoms with Gasteiger partial charge in [0.25, 0.3) is 5.56 Å². The molecular formula is C18H17ClF2N4O2. The number of rotatable bonds is 5. The Bertz CT molecular complexity index is 1010. The van der Waals surface area contributed by atoms with E-state index >= 15 is 0 Å². The Morgan fingerprint density at radius 1 is 1.30 bits per heavy atom. The van der Waals surface area contributed by atoms with Gasteiger partial charge in [-0.3, -0.25) is 4.79 Å². The molecule has 0 spiro atoms. The van der Waals surface area contributed by atoms with Gasteiger partial charge in [-0.1, -0.05) is 31.9 Å². The quantitative estimate of drug-likeness (QED) is 0.714. The van der Waals surface area contributed by atoms with Crippen molar-refractivity contribution in [2.45, 2.75) is 26.8 Å². The van der Waals surface area contributed by atoms with E-state index in [-0.39, 0.29) is 29.1 Å². The normalized spacial score (nSPS) is 12.3. The van der Waals surface area contributed by atoms with E-state index in [2.05, 4.69) is 10.1 Å². The van der Waals surface area contributed by atoms with Crippen molar-refractivity contribution >= 4 is 11.6 Å². The minimum Gasteiger partial charge on any atom is -0.508 e. The molecule has 0 unspecified atom stereocenters. The van der Waals surface area contributed by atoms with Crippen LogP contribution < -0.4 is 5.56 Å². The SMILES string of the molecule is CC[C@H](C)Cn1c(-c2c(F)cc(O)cc2F)c(Cl)nc(-n2cccn2)c1=O. The average Bonchev–Trinajstić information content (AvgIpc) is 3.13. The molecule has 0 saturated carbocycles. The Morgan fingerprint density at radius 3 is 2.52 bits per heavy atom. The molecule has 0 saturated heterocycles. The van der Waals surface area contributed by atoms with Crippen LogP contribution in [0.2, 0.25) is 5.15 Å². The van der Waals surface area contributed by atoms with Gasteiger partial charge in [-0.25, -0.2) is 18.4 Å². The van der Waals surface area contributed by atoms with Crippen molar-refractivity contribution in [2.75, 3.05) is 0 Å². The molecule has 0 aliphatic carbocycles. The molecule has 0 fully saturated rings. The van der Waals surface area contributed by atoms with Gasteiger partial charge in [0.05, 0.1) is 11.3 Å². The Morgan fingerprint density at radius 2 is 1.96 bits per heavy atom. The third kappa shape index (κ3) is 3.57. The third-order valence-electron chi connectivity index (χ3n) is 4.28. The first-order valence-electron chi connectivity index (χ1n) is 8.32. The average molecular weight is 395 g/mol. The Labute approximate surface area is 158 Å². The zero-order chi connectivity index (χ0) is 19.7. The van der Waals surface area contributed by atoms with Crippen molar-refractivity contribution in [2.24, 2.45) is 5.92 Å². The summed E-state index contributed by atoms with van der Waals surface area (Å²) in [7, 11) is 0. The van der Waals surface area contributed by atoms with Gasteiger partial charge in [-0.05, 0) is 12.0 Å². The predicted octanol–water partition coefficient (Wildman–Crippen LogP) is 3.78. The molecule has 2 heterocycles. The number of phenols is 1. The molecule has 27 heavy (non-hydrogen) atoms. The van der Waals surface area contributed by atoms with Gasteiger partial charge >= 0.3 is 0 Å². The molecule has 6 nitrogen and oxygen atoms in total. The van der Waals surface area contributed by atoms with Gasteiger partial charge in [0.15, 0.2) is 5.15 Å². The largest absolute Gasteiger partial charge is 0.508 e. The van der Waals surface area contributed by atoms with Gasteiger partial charge < -0.3 is 9.67 Å². The van der Waals surface area contributed by atoms with Gasteiger partial charge in [0, 0.05) is 31.1 Å². The smallest absolute Gasteiger partial charge is 0.296 e. The van der Waals surface area contributed by atoms with Crippen molar-refractivity contribution in [3.8, 4) is 22.8 Å². The number of benzene rings is 1. The summed E-state index contributed by atoms with van der Waals surface area (Å²) in [6, 6.07) is 3.13. The number of aromatic nitrogens is 4. The van der Waals surface area contributed by atoms with E-state index in [4.69, 9.17) is 11.6 Å². The second kappa shape index (κ2) is 7.48. The Balaban J connectivity index is 2.34. The zero-order valence-corrected chi connectivity index (χ0v) is 15.4. The molecule has 1 N–H and O–H groups in total. The van der Waals surface area contributed by atoms with Gasteiger partial charge in [0.2, 0.25) is 5.82 Å². The molecule has 1 atom stereocenters. The van der Waals surface area contributed by atoms with Crippen molar-refractivity contribution in [3.63, 3.8) is 0 Å². The highest BCUT2D eigenvalue weighted by Gasteiger charge is 2.24. The maximum atomic E-state index is 14.5. The minimum atomic E-state index is -1.04. The number of halogens is 3. The zero-order valence-electron chi connectivity index (χ0n) is 14.7. The molecule has 9 heteroatoms. The van der Waals surface area contributed by atoms with E-state index in [0.717, 1.165) is 18.6 Å². The summed E-state index contributed by atoms with van der Waals surface area (Å²) in [5.74, 6) is -2.69. The Hall–Kier alpha value is -2.74. The Kier molecular flexibility index (Phi) is 5.27. The lowest BCUT2D eigenvalue weighted by Crippen LogP contribution is -2.30. The summed E-state index contributed by atoms with van der Waals surface area (Å²) in [6.45, 7) is 4.02. The molecule has 0 amide bonds. The van der Waals surface area contributed by atoms with Crippen LogP contribution in [0, 0.1) is 17.6 Å². The highest BCUT2D eigenvalue weighted by atomic mass is 35.5. The molecule has 142 valence electrons. The fourth-order valence-corrected chi connectivity index (χ4v) is 2.99. The second-order valence-electron chi connectivity index (χ2n) is 6.24. The fraction of sp³-hybridized carbons (Fsp3) is 0.278. The van der Waals surface area contributed by atoms with Crippen molar-refractivity contribution in [1.82, 2.24) is 19.3 Å². The van der Waals surface area contributed by atoms with E-state index in [1.165, 1.54) is 21.6 Å². The summed E-state index contributed by atoms with van der Waals surface area (Å²) in [5.41, 5.74) is -1.27. The van der Waals surface area contributed by atoms with Crippen LogP contribution in [0.4, 0.5) is 8.78 Å². The molecule has 0 radical (unpaired) electrons. The van der Waals surface area contributed by atoms with Crippen molar-refractivity contribution < 1.29 is 13.9 Å². The highest BCUT2D eigenvalue weighted by Crippen LogP contribution is 2.33. The first-order chi connectivity index (χ1) is 12.8. The van der Waals surface area contributed by atoms with Crippen LogP contribution in [0.25, 0.3) is 17.1 Å². The predicted molar refractivity (Wildman–Crippen MR) is 97.1 cm³/mol. The topological polar surface area (TPSA) is 72.9 Å². The van der Waals surface area contributed by atoms with Crippen LogP contribution in [0.1, 0.15) is 20.3 Å². The maximum absolute atomic E-state index is 14.5. The van der Waals surface area contributed by atoms with Crippen LogP contribution in [0.5, 0.6) is 5.75 Å². The van der Waals surface area contributed by atoms with Gasteiger partial charge in [-0.2, -0.15) is 5.10 Å². The first-order valence-corrected chi connectivity index (χ1v) is 8.70. The first kappa shape index (κ1) is 19.0. The van der Waals surface area contributed by atoms with Crippen LogP contribution in [0.3, 0.4) is 0 Å². The second-order valence-corrected chi connectivity index (χ2v) is 6.60. The lowest BCUT2D eigenvalue weighted by molar-refractivity contribution is 0.453. The summed E-state index contributed by atoms with van der Waals surface area (Å²) >= 11 is 6.26. The van der Waals surface area contributed by atoms with Crippen LogP contribution >= 0.6 is 11.6 Å². The van der Waals surface area contributed by atoms with Crippen LogP contribution in [-0.4, -0.2) is 24.4 Å². The molecular weight excluding hydrogens is 378 g/mol. The molecule has 0 aliphatic heterocycles. The number of hydrogen-bond donors (Lipinski definition) is 1. The molecule has 1 aromatic carbocycles. The standard InChI is InChI=1S/C18H17ClF2N4O2/c1-3-10(2)9-24-15(14-12(20)7-11(26)8-13(14)21)16(19)23-17(18(24)27)25-6-4-5-22-25/h4-8,10,26H,3,9H2,1-2H3/t10-/m0/s1. The van der Waals surface area contributed by atoms with E-state index in [1.54, 1.807) is 6.07 Å². The van der Waals surface area contributed by atoms with E-state index in [9.17, 15) is 18.7 Å². The number of hydrogen-bond acceptors (Lipinski definition) is 4. The molecule has 2 aromatic heterocycles.